The highest BCUT2D eigenvalue weighted by Gasteiger charge is 2.40. The van der Waals surface area contributed by atoms with Gasteiger partial charge in [-0.1, -0.05) is 12.8 Å². The molecule has 1 saturated heterocycles. The smallest absolute Gasteiger partial charge is 0.161 e. The maximum absolute atomic E-state index is 10.8. The van der Waals surface area contributed by atoms with Gasteiger partial charge in [-0.25, -0.2) is 0 Å². The summed E-state index contributed by atoms with van der Waals surface area (Å²) >= 11 is 0. The molecular weight excluding hydrogens is 268 g/mol. The van der Waals surface area contributed by atoms with Crippen LogP contribution in [-0.4, -0.2) is 31.7 Å². The highest BCUT2D eigenvalue weighted by atomic mass is 16.5. The van der Waals surface area contributed by atoms with Crippen LogP contribution in [0.5, 0.6) is 11.5 Å². The summed E-state index contributed by atoms with van der Waals surface area (Å²) in [5.41, 5.74) is 0.636. The Morgan fingerprint density at radius 2 is 2.10 bits per heavy atom. The van der Waals surface area contributed by atoms with Crippen molar-refractivity contribution in [1.29, 1.82) is 0 Å². The van der Waals surface area contributed by atoms with Gasteiger partial charge in [-0.05, 0) is 31.0 Å². The van der Waals surface area contributed by atoms with Crippen LogP contribution in [-0.2, 0) is 4.74 Å². The van der Waals surface area contributed by atoms with Crippen molar-refractivity contribution in [1.82, 2.24) is 0 Å². The molecule has 1 heterocycles. The van der Waals surface area contributed by atoms with Crippen molar-refractivity contribution in [2.75, 3.05) is 13.7 Å². The molecule has 2 fully saturated rings. The van der Waals surface area contributed by atoms with Gasteiger partial charge in [0.25, 0.3) is 0 Å². The molecule has 114 valence electrons. The van der Waals surface area contributed by atoms with Crippen LogP contribution in [0.1, 0.15) is 48.9 Å². The monoisotopic (exact) mass is 290 g/mol. The van der Waals surface area contributed by atoms with Gasteiger partial charge in [-0.2, -0.15) is 0 Å². The number of methoxy groups -OCH3 is 1. The third-order valence-electron chi connectivity index (χ3n) is 4.58. The van der Waals surface area contributed by atoms with Crippen LogP contribution >= 0.6 is 0 Å². The summed E-state index contributed by atoms with van der Waals surface area (Å²) in [5, 5.41) is 0. The van der Waals surface area contributed by atoms with Gasteiger partial charge in [0, 0.05) is 18.4 Å². The molecule has 1 atom stereocenters. The van der Waals surface area contributed by atoms with Crippen LogP contribution in [0, 0.1) is 0 Å². The molecule has 21 heavy (non-hydrogen) atoms. The molecule has 0 radical (unpaired) electrons. The molecule has 1 aromatic rings. The molecule has 0 bridgehead atoms. The van der Waals surface area contributed by atoms with Gasteiger partial charge in [0.05, 0.1) is 19.3 Å². The summed E-state index contributed by atoms with van der Waals surface area (Å²) in [4.78, 5) is 10.8. The number of hydrogen-bond acceptors (Lipinski definition) is 4. The molecule has 1 aliphatic carbocycles. The molecule has 0 N–H and O–H groups in total. The van der Waals surface area contributed by atoms with Crippen LogP contribution in [0.25, 0.3) is 0 Å². The zero-order chi connectivity index (χ0) is 14.7. The van der Waals surface area contributed by atoms with E-state index in [0.717, 1.165) is 38.6 Å². The molecule has 1 spiro atoms. The molecule has 3 rings (SSSR count). The Morgan fingerprint density at radius 1 is 1.29 bits per heavy atom. The van der Waals surface area contributed by atoms with E-state index in [2.05, 4.69) is 0 Å². The average Bonchev–Trinajstić information content (AvgIpc) is 2.95. The third kappa shape index (κ3) is 3.05. The summed E-state index contributed by atoms with van der Waals surface area (Å²) in [6.45, 7) is 0.763. The highest BCUT2D eigenvalue weighted by Crippen LogP contribution is 2.41. The second-order valence-electron chi connectivity index (χ2n) is 6.00. The van der Waals surface area contributed by atoms with E-state index in [0.29, 0.717) is 17.1 Å². The maximum Gasteiger partial charge on any atom is 0.161 e. The number of aldehydes is 1. The molecule has 0 aromatic heterocycles. The first-order valence-corrected chi connectivity index (χ1v) is 7.68. The molecular formula is C17H22O4. The minimum atomic E-state index is 0.0406. The topological polar surface area (TPSA) is 44.8 Å². The van der Waals surface area contributed by atoms with Crippen LogP contribution in [0.3, 0.4) is 0 Å². The summed E-state index contributed by atoms with van der Waals surface area (Å²) < 4.78 is 17.5. The van der Waals surface area contributed by atoms with Crippen molar-refractivity contribution in [2.45, 2.75) is 50.2 Å². The molecule has 0 amide bonds. The number of carbonyl (C=O) groups excluding carboxylic acids is 1. The summed E-state index contributed by atoms with van der Waals surface area (Å²) in [6.07, 6.45) is 7.63. The fourth-order valence-corrected chi connectivity index (χ4v) is 3.49. The lowest BCUT2D eigenvalue weighted by molar-refractivity contribution is -0.108. The van der Waals surface area contributed by atoms with Crippen LogP contribution in [0.4, 0.5) is 0 Å². The molecule has 4 nitrogen and oxygen atoms in total. The first-order valence-electron chi connectivity index (χ1n) is 7.68. The standard InChI is InChI=1S/C17H22O4/c1-19-16-10-13(12-18)4-5-15(16)21-14-6-9-20-17(11-14)7-2-3-8-17/h4-5,10,12,14H,2-3,6-9,11H2,1H3. The van der Waals surface area contributed by atoms with E-state index in [9.17, 15) is 4.79 Å². The zero-order valence-corrected chi connectivity index (χ0v) is 12.5. The van der Waals surface area contributed by atoms with Gasteiger partial charge in [-0.15, -0.1) is 0 Å². The molecule has 1 aromatic carbocycles. The van der Waals surface area contributed by atoms with Crippen LogP contribution in [0.15, 0.2) is 18.2 Å². The van der Waals surface area contributed by atoms with Crippen molar-refractivity contribution < 1.29 is 19.0 Å². The summed E-state index contributed by atoms with van der Waals surface area (Å²) in [5.74, 6) is 1.33. The van der Waals surface area contributed by atoms with E-state index in [1.54, 1.807) is 19.2 Å². The van der Waals surface area contributed by atoms with Gasteiger partial charge in [0.1, 0.15) is 12.4 Å². The van der Waals surface area contributed by atoms with Crippen molar-refractivity contribution in [3.05, 3.63) is 23.8 Å². The van der Waals surface area contributed by atoms with E-state index < -0.39 is 0 Å². The Kier molecular flexibility index (Phi) is 4.15. The van der Waals surface area contributed by atoms with Gasteiger partial charge >= 0.3 is 0 Å². The van der Waals surface area contributed by atoms with Gasteiger partial charge in [-0.3, -0.25) is 4.79 Å². The first-order chi connectivity index (χ1) is 10.2. The average molecular weight is 290 g/mol. The lowest BCUT2D eigenvalue weighted by Gasteiger charge is -2.38. The fourth-order valence-electron chi connectivity index (χ4n) is 3.49. The quantitative estimate of drug-likeness (QED) is 0.797. The second kappa shape index (κ2) is 6.06. The van der Waals surface area contributed by atoms with Gasteiger partial charge < -0.3 is 14.2 Å². The third-order valence-corrected chi connectivity index (χ3v) is 4.58. The van der Waals surface area contributed by atoms with Gasteiger partial charge in [0.2, 0.25) is 0 Å². The lowest BCUT2D eigenvalue weighted by atomic mass is 9.90. The Bertz CT molecular complexity index is 506. The molecule has 1 saturated carbocycles. The maximum atomic E-state index is 10.8. The summed E-state index contributed by atoms with van der Waals surface area (Å²) in [7, 11) is 1.60. The zero-order valence-electron chi connectivity index (χ0n) is 12.5. The van der Waals surface area contributed by atoms with Crippen molar-refractivity contribution >= 4 is 6.29 Å². The molecule has 1 unspecified atom stereocenters. The number of carbonyl (C=O) groups is 1. The number of ether oxygens (including phenoxy) is 3. The fraction of sp³-hybridized carbons (Fsp3) is 0.588. The Labute approximate surface area is 125 Å². The van der Waals surface area contributed by atoms with Crippen molar-refractivity contribution in [2.24, 2.45) is 0 Å². The Balaban J connectivity index is 1.72. The van der Waals surface area contributed by atoms with Gasteiger partial charge in [0.15, 0.2) is 11.5 Å². The largest absolute Gasteiger partial charge is 0.493 e. The second-order valence-corrected chi connectivity index (χ2v) is 6.00. The molecule has 2 aliphatic rings. The number of benzene rings is 1. The Morgan fingerprint density at radius 3 is 2.81 bits per heavy atom. The van der Waals surface area contributed by atoms with E-state index in [1.807, 2.05) is 6.07 Å². The predicted octanol–water partition coefficient (Wildman–Crippen LogP) is 3.38. The van der Waals surface area contributed by atoms with E-state index in [-0.39, 0.29) is 11.7 Å². The number of rotatable bonds is 4. The van der Waals surface area contributed by atoms with Crippen LogP contribution in [0.2, 0.25) is 0 Å². The lowest BCUT2D eigenvalue weighted by Crippen LogP contribution is -2.41. The van der Waals surface area contributed by atoms with E-state index in [4.69, 9.17) is 14.2 Å². The van der Waals surface area contributed by atoms with Crippen molar-refractivity contribution in [3.63, 3.8) is 0 Å². The first kappa shape index (κ1) is 14.4. The van der Waals surface area contributed by atoms with E-state index in [1.165, 1.54) is 12.8 Å². The SMILES string of the molecule is COc1cc(C=O)ccc1OC1CCOC2(CCCC2)C1. The molecule has 4 heteroatoms. The highest BCUT2D eigenvalue weighted by molar-refractivity contribution is 5.76. The minimum absolute atomic E-state index is 0.0406. The number of hydrogen-bond donors (Lipinski definition) is 0. The Hall–Kier alpha value is -1.55. The minimum Gasteiger partial charge on any atom is -0.493 e. The van der Waals surface area contributed by atoms with Crippen molar-refractivity contribution in [3.8, 4) is 11.5 Å². The molecule has 1 aliphatic heterocycles. The van der Waals surface area contributed by atoms with E-state index >= 15 is 0 Å². The summed E-state index contributed by atoms with van der Waals surface area (Å²) in [6, 6.07) is 5.29. The normalized spacial score (nSPS) is 24.0. The predicted molar refractivity (Wildman–Crippen MR) is 79.2 cm³/mol. The van der Waals surface area contributed by atoms with Crippen LogP contribution < -0.4 is 9.47 Å².